The van der Waals surface area contributed by atoms with E-state index in [-0.39, 0.29) is 23.8 Å². The lowest BCUT2D eigenvalue weighted by Gasteiger charge is -2.27. The zero-order valence-electron chi connectivity index (χ0n) is 16.4. The van der Waals surface area contributed by atoms with Gasteiger partial charge >= 0.3 is 0 Å². The molecule has 7 heteroatoms. The van der Waals surface area contributed by atoms with Crippen molar-refractivity contribution < 1.29 is 18.3 Å². The van der Waals surface area contributed by atoms with E-state index in [0.717, 1.165) is 36.1 Å². The number of amides is 1. The molecule has 2 heterocycles. The van der Waals surface area contributed by atoms with Crippen molar-refractivity contribution in [3.05, 3.63) is 65.4 Å². The molecule has 0 saturated heterocycles. The Morgan fingerprint density at radius 3 is 2.76 bits per heavy atom. The third-order valence-electron chi connectivity index (χ3n) is 5.22. The molecule has 3 aromatic rings. The summed E-state index contributed by atoms with van der Waals surface area (Å²) in [4.78, 5) is 15.2. The lowest BCUT2D eigenvalue weighted by molar-refractivity contribution is 0.0924. The largest absolute Gasteiger partial charge is 0.490 e. The van der Waals surface area contributed by atoms with Crippen molar-refractivity contribution in [2.45, 2.75) is 19.0 Å². The molecule has 5 nitrogen and oxygen atoms in total. The smallest absolute Gasteiger partial charge is 0.253 e. The number of fused-ring (bicyclic) bond motifs is 2. The van der Waals surface area contributed by atoms with Gasteiger partial charge in [-0.2, -0.15) is 0 Å². The molecule has 0 radical (unpaired) electrons. The van der Waals surface area contributed by atoms with Gasteiger partial charge in [-0.05, 0) is 32.3 Å². The molecule has 0 fully saturated rings. The molecule has 0 bridgehead atoms. The van der Waals surface area contributed by atoms with Crippen molar-refractivity contribution in [2.75, 3.05) is 27.2 Å². The van der Waals surface area contributed by atoms with Gasteiger partial charge in [0.05, 0.1) is 23.8 Å². The number of para-hydroxylation sites is 1. The Morgan fingerprint density at radius 2 is 1.97 bits per heavy atom. The van der Waals surface area contributed by atoms with Crippen LogP contribution in [0.25, 0.3) is 10.9 Å². The summed E-state index contributed by atoms with van der Waals surface area (Å²) in [5.74, 6) is -1.64. The monoisotopic (exact) mass is 399 g/mol. The molecule has 0 saturated carbocycles. The van der Waals surface area contributed by atoms with E-state index in [9.17, 15) is 13.6 Å². The Labute approximate surface area is 167 Å². The van der Waals surface area contributed by atoms with Crippen LogP contribution in [0.4, 0.5) is 8.78 Å². The summed E-state index contributed by atoms with van der Waals surface area (Å²) in [6.45, 7) is 1.78. The first kappa shape index (κ1) is 19.4. The van der Waals surface area contributed by atoms with E-state index in [1.165, 1.54) is 0 Å². The fraction of sp³-hybridized carbons (Fsp3) is 0.318. The molecule has 1 aromatic heterocycles. The minimum atomic E-state index is -0.647. The average Bonchev–Trinajstić information content (AvgIpc) is 3.08. The lowest BCUT2D eigenvalue weighted by Crippen LogP contribution is -2.33. The number of nitrogens with zero attached hydrogens (tertiary/aromatic N) is 2. The summed E-state index contributed by atoms with van der Waals surface area (Å²) in [6, 6.07) is 9.14. The first-order valence-corrected chi connectivity index (χ1v) is 9.60. The van der Waals surface area contributed by atoms with Gasteiger partial charge in [-0.1, -0.05) is 18.2 Å². The first-order valence-electron chi connectivity index (χ1n) is 9.60. The Morgan fingerprint density at radius 1 is 1.21 bits per heavy atom. The maximum absolute atomic E-state index is 14.4. The predicted molar refractivity (Wildman–Crippen MR) is 107 cm³/mol. The number of rotatable bonds is 5. The minimum absolute atomic E-state index is 0.0703. The summed E-state index contributed by atoms with van der Waals surface area (Å²) >= 11 is 0. The fourth-order valence-corrected chi connectivity index (χ4v) is 3.74. The number of hydrogen-bond donors (Lipinski definition) is 1. The van der Waals surface area contributed by atoms with E-state index in [2.05, 4.69) is 10.2 Å². The standard InChI is InChI=1S/C22H23F2N3O2/c1-26(2)10-11-27-13-15(14-5-3-4-6-19(14)27)22(28)25-18-9-12-29-21-17(24)8-7-16(23)20(18)21/h3-8,13,18H,9-12H2,1-2H3,(H,25,28)/t18-/m1/s1. The van der Waals surface area contributed by atoms with Crippen molar-refractivity contribution in [1.29, 1.82) is 0 Å². The first-order chi connectivity index (χ1) is 14.0. The second kappa shape index (κ2) is 7.83. The Hall–Kier alpha value is -2.93. The number of likely N-dealkylation sites (N-methyl/N-ethyl adjacent to an activating group) is 1. The molecule has 1 aliphatic heterocycles. The van der Waals surface area contributed by atoms with Crippen LogP contribution in [-0.4, -0.2) is 42.6 Å². The summed E-state index contributed by atoms with van der Waals surface area (Å²) in [6.07, 6.45) is 2.20. The number of benzene rings is 2. The molecule has 2 aromatic carbocycles. The Balaban J connectivity index is 1.65. The van der Waals surface area contributed by atoms with E-state index in [4.69, 9.17) is 4.74 Å². The zero-order valence-corrected chi connectivity index (χ0v) is 16.4. The third-order valence-corrected chi connectivity index (χ3v) is 5.22. The lowest BCUT2D eigenvalue weighted by atomic mass is 9.99. The molecular formula is C22H23F2N3O2. The number of halogens is 2. The van der Waals surface area contributed by atoms with E-state index in [1.807, 2.05) is 49.1 Å². The normalized spacial score (nSPS) is 16.0. The van der Waals surface area contributed by atoms with Crippen molar-refractivity contribution >= 4 is 16.8 Å². The highest BCUT2D eigenvalue weighted by atomic mass is 19.1. The molecule has 0 aliphatic carbocycles. The highest BCUT2D eigenvalue weighted by Crippen LogP contribution is 2.36. The van der Waals surface area contributed by atoms with Crippen molar-refractivity contribution in [2.24, 2.45) is 0 Å². The van der Waals surface area contributed by atoms with Crippen LogP contribution >= 0.6 is 0 Å². The van der Waals surface area contributed by atoms with E-state index < -0.39 is 17.7 Å². The Kier molecular flexibility index (Phi) is 5.24. The van der Waals surface area contributed by atoms with E-state index in [1.54, 1.807) is 0 Å². The average molecular weight is 399 g/mol. The molecule has 1 atom stereocenters. The number of hydrogen-bond acceptors (Lipinski definition) is 3. The van der Waals surface area contributed by atoms with Gasteiger partial charge in [-0.15, -0.1) is 0 Å². The highest BCUT2D eigenvalue weighted by Gasteiger charge is 2.30. The van der Waals surface area contributed by atoms with Gasteiger partial charge in [-0.25, -0.2) is 8.78 Å². The number of nitrogens with one attached hydrogen (secondary N) is 1. The van der Waals surface area contributed by atoms with Crippen LogP contribution in [0.1, 0.15) is 28.4 Å². The minimum Gasteiger partial charge on any atom is -0.490 e. The van der Waals surface area contributed by atoms with Crippen LogP contribution in [0.15, 0.2) is 42.6 Å². The molecular weight excluding hydrogens is 376 g/mol. The molecule has 1 amide bonds. The predicted octanol–water partition coefficient (Wildman–Crippen LogP) is 3.73. The zero-order chi connectivity index (χ0) is 20.5. The number of carbonyl (C=O) groups is 1. The maximum atomic E-state index is 14.4. The van der Waals surface area contributed by atoms with Crippen LogP contribution < -0.4 is 10.1 Å². The Bertz CT molecular complexity index is 1060. The topological polar surface area (TPSA) is 46.5 Å². The summed E-state index contributed by atoms with van der Waals surface area (Å²) in [5, 5.41) is 3.71. The van der Waals surface area contributed by atoms with Crippen LogP contribution in [-0.2, 0) is 6.54 Å². The quantitative estimate of drug-likeness (QED) is 0.711. The maximum Gasteiger partial charge on any atom is 0.253 e. The van der Waals surface area contributed by atoms with Gasteiger partial charge in [0.15, 0.2) is 11.6 Å². The van der Waals surface area contributed by atoms with E-state index in [0.29, 0.717) is 12.0 Å². The SMILES string of the molecule is CN(C)CCn1cc(C(=O)N[C@@H]2CCOc3c(F)ccc(F)c32)c2ccccc21. The van der Waals surface area contributed by atoms with Crippen molar-refractivity contribution in [3.8, 4) is 5.75 Å². The van der Waals surface area contributed by atoms with Crippen LogP contribution in [0.2, 0.25) is 0 Å². The number of aromatic nitrogens is 1. The van der Waals surface area contributed by atoms with Gasteiger partial charge in [0.1, 0.15) is 5.82 Å². The van der Waals surface area contributed by atoms with Crippen molar-refractivity contribution in [1.82, 2.24) is 14.8 Å². The van der Waals surface area contributed by atoms with E-state index >= 15 is 0 Å². The molecule has 4 rings (SSSR count). The van der Waals surface area contributed by atoms with Crippen LogP contribution in [0, 0.1) is 11.6 Å². The molecule has 0 spiro atoms. The summed E-state index contributed by atoms with van der Waals surface area (Å²) in [5.41, 5.74) is 1.55. The van der Waals surface area contributed by atoms with Crippen LogP contribution in [0.3, 0.4) is 0 Å². The summed E-state index contributed by atoms with van der Waals surface area (Å²) in [7, 11) is 3.99. The molecule has 1 N–H and O–H groups in total. The second-order valence-electron chi connectivity index (χ2n) is 7.49. The highest BCUT2D eigenvalue weighted by molar-refractivity contribution is 6.07. The molecule has 152 valence electrons. The fourth-order valence-electron chi connectivity index (χ4n) is 3.74. The number of ether oxygens (including phenoxy) is 1. The van der Waals surface area contributed by atoms with Gasteiger partial charge in [0.25, 0.3) is 5.91 Å². The van der Waals surface area contributed by atoms with Gasteiger partial charge in [0.2, 0.25) is 0 Å². The molecule has 29 heavy (non-hydrogen) atoms. The summed E-state index contributed by atoms with van der Waals surface area (Å²) < 4.78 is 35.8. The van der Waals surface area contributed by atoms with Gasteiger partial charge in [0, 0.05) is 36.6 Å². The van der Waals surface area contributed by atoms with Gasteiger partial charge in [-0.3, -0.25) is 4.79 Å². The second-order valence-corrected chi connectivity index (χ2v) is 7.49. The van der Waals surface area contributed by atoms with Gasteiger partial charge < -0.3 is 19.5 Å². The van der Waals surface area contributed by atoms with Crippen molar-refractivity contribution in [3.63, 3.8) is 0 Å². The third kappa shape index (κ3) is 3.70. The number of carbonyl (C=O) groups excluding carboxylic acids is 1. The molecule has 1 aliphatic rings. The van der Waals surface area contributed by atoms with Crippen LogP contribution in [0.5, 0.6) is 5.75 Å². The molecule has 0 unspecified atom stereocenters.